The molecular weight excluding hydrogens is 502 g/mol. The van der Waals surface area contributed by atoms with Crippen molar-refractivity contribution < 1.29 is 22.7 Å². The van der Waals surface area contributed by atoms with Crippen LogP contribution < -0.4 is 4.74 Å². The molecule has 2 aromatic carbocycles. The number of para-hydroxylation sites is 1. The molecule has 1 aromatic heterocycles. The summed E-state index contributed by atoms with van der Waals surface area (Å²) in [6.45, 7) is 8.30. The van der Waals surface area contributed by atoms with Crippen molar-refractivity contribution in [3.63, 3.8) is 0 Å². The second kappa shape index (κ2) is 12.2. The fourth-order valence-corrected chi connectivity index (χ4v) is 6.82. The molecule has 0 spiro atoms. The van der Waals surface area contributed by atoms with Gasteiger partial charge in [-0.3, -0.25) is 4.79 Å². The second-order valence-electron chi connectivity index (χ2n) is 9.40. The maximum absolute atomic E-state index is 12.6. The summed E-state index contributed by atoms with van der Waals surface area (Å²) in [7, 11) is -3.38. The molecule has 3 aromatic rings. The van der Waals surface area contributed by atoms with Gasteiger partial charge in [0.2, 0.25) is 0 Å². The van der Waals surface area contributed by atoms with Crippen molar-refractivity contribution in [3.05, 3.63) is 54.1 Å². The van der Waals surface area contributed by atoms with Crippen molar-refractivity contribution >= 4 is 49.1 Å². The molecule has 35 heavy (non-hydrogen) atoms. The highest BCUT2D eigenvalue weighted by Gasteiger charge is 2.24. The Kier molecular flexibility index (Phi) is 9.61. The average Bonchev–Trinajstić information content (AvgIpc) is 3.22. The summed E-state index contributed by atoms with van der Waals surface area (Å²) >= 11 is 2.80. The highest BCUT2D eigenvalue weighted by molar-refractivity contribution is 8.01. The predicted molar refractivity (Wildman–Crippen MR) is 144 cm³/mol. The quantitative estimate of drug-likeness (QED) is 0.211. The summed E-state index contributed by atoms with van der Waals surface area (Å²) in [4.78, 5) is 17.1. The predicted octanol–water partition coefficient (Wildman–Crippen LogP) is 5.89. The van der Waals surface area contributed by atoms with E-state index < -0.39 is 21.9 Å². The first-order valence-corrected chi connectivity index (χ1v) is 15.3. The minimum atomic E-state index is -3.38. The summed E-state index contributed by atoms with van der Waals surface area (Å²) in [6, 6.07) is 15.5. The van der Waals surface area contributed by atoms with Crippen molar-refractivity contribution in [2.45, 2.75) is 56.4 Å². The van der Waals surface area contributed by atoms with Crippen LogP contribution >= 0.6 is 23.1 Å². The Morgan fingerprint density at radius 3 is 2.49 bits per heavy atom. The number of unbranched alkanes of at least 4 members (excludes halogenated alkanes) is 1. The number of thiazole rings is 1. The van der Waals surface area contributed by atoms with Crippen LogP contribution in [0.5, 0.6) is 5.75 Å². The van der Waals surface area contributed by atoms with E-state index >= 15 is 0 Å². The van der Waals surface area contributed by atoms with Crippen LogP contribution in [0.15, 0.2) is 52.9 Å². The van der Waals surface area contributed by atoms with Crippen LogP contribution in [0, 0.1) is 0 Å². The van der Waals surface area contributed by atoms with Gasteiger partial charge in [0.05, 0.1) is 27.5 Å². The molecule has 0 N–H and O–H groups in total. The van der Waals surface area contributed by atoms with Gasteiger partial charge < -0.3 is 9.47 Å². The third-order valence-corrected chi connectivity index (χ3v) is 9.23. The van der Waals surface area contributed by atoms with Gasteiger partial charge in [-0.1, -0.05) is 70.1 Å². The molecular formula is C26H33NO5S3. The fourth-order valence-electron chi connectivity index (χ4n) is 3.34. The maximum atomic E-state index is 12.6. The fraction of sp³-hybridized carbons (Fsp3) is 0.462. The van der Waals surface area contributed by atoms with E-state index in [1.165, 1.54) is 28.7 Å². The van der Waals surface area contributed by atoms with Crippen LogP contribution in [0.25, 0.3) is 10.2 Å². The van der Waals surface area contributed by atoms with Crippen molar-refractivity contribution in [3.8, 4) is 5.75 Å². The summed E-state index contributed by atoms with van der Waals surface area (Å²) in [5, 5.41) is 0. The van der Waals surface area contributed by atoms with E-state index in [9.17, 15) is 13.2 Å². The van der Waals surface area contributed by atoms with E-state index in [1.807, 2.05) is 55.5 Å². The normalized spacial score (nSPS) is 13.0. The van der Waals surface area contributed by atoms with Crippen molar-refractivity contribution in [1.29, 1.82) is 0 Å². The molecule has 0 fully saturated rings. The van der Waals surface area contributed by atoms with Gasteiger partial charge in [-0.05, 0) is 41.7 Å². The van der Waals surface area contributed by atoms with Gasteiger partial charge >= 0.3 is 5.97 Å². The average molecular weight is 536 g/mol. The number of ether oxygens (including phenoxy) is 2. The first kappa shape index (κ1) is 27.5. The third-order valence-electron chi connectivity index (χ3n) is 5.29. The minimum Gasteiger partial charge on any atom is -0.490 e. The van der Waals surface area contributed by atoms with E-state index in [2.05, 4.69) is 25.8 Å². The zero-order valence-electron chi connectivity index (χ0n) is 20.7. The van der Waals surface area contributed by atoms with Crippen LogP contribution in [0.4, 0.5) is 0 Å². The number of sulfone groups is 1. The smallest absolute Gasteiger partial charge is 0.316 e. The second-order valence-corrected chi connectivity index (χ2v) is 13.9. The number of benzene rings is 2. The van der Waals surface area contributed by atoms with Gasteiger partial charge in [-0.2, -0.15) is 0 Å². The number of esters is 1. The number of hydrogen-bond acceptors (Lipinski definition) is 8. The van der Waals surface area contributed by atoms with E-state index in [0.717, 1.165) is 21.0 Å². The Bertz CT molecular complexity index is 1180. The van der Waals surface area contributed by atoms with Gasteiger partial charge in [0, 0.05) is 0 Å². The molecule has 1 heterocycles. The van der Waals surface area contributed by atoms with Gasteiger partial charge in [-0.15, -0.1) is 11.3 Å². The molecule has 1 unspecified atom stereocenters. The number of fused-ring (bicyclic) bond motifs is 1. The SMILES string of the molecule is CCCCS(=O)(=O)CC(COc1ccc(C(C)(C)C)cc1)OC(=O)CSc1nc2ccccc2s1. The first-order valence-electron chi connectivity index (χ1n) is 11.7. The zero-order valence-corrected chi connectivity index (χ0v) is 23.1. The lowest BCUT2D eigenvalue weighted by molar-refractivity contribution is -0.146. The maximum Gasteiger partial charge on any atom is 0.316 e. The van der Waals surface area contributed by atoms with Gasteiger partial charge in [-0.25, -0.2) is 13.4 Å². The molecule has 6 nitrogen and oxygen atoms in total. The number of carbonyl (C=O) groups is 1. The molecule has 3 rings (SSSR count). The Balaban J connectivity index is 1.62. The Morgan fingerprint density at radius 2 is 1.83 bits per heavy atom. The van der Waals surface area contributed by atoms with Gasteiger partial charge in [0.25, 0.3) is 0 Å². The summed E-state index contributed by atoms with van der Waals surface area (Å²) in [6.07, 6.45) is 0.465. The number of nitrogens with zero attached hydrogens (tertiary/aromatic N) is 1. The number of hydrogen-bond donors (Lipinski definition) is 0. The molecule has 190 valence electrons. The number of carbonyl (C=O) groups excluding carboxylic acids is 1. The van der Waals surface area contributed by atoms with Crippen molar-refractivity contribution in [1.82, 2.24) is 4.98 Å². The first-order chi connectivity index (χ1) is 16.6. The van der Waals surface area contributed by atoms with Crippen LogP contribution in [-0.2, 0) is 24.8 Å². The lowest BCUT2D eigenvalue weighted by Gasteiger charge is -2.21. The molecule has 0 aliphatic heterocycles. The highest BCUT2D eigenvalue weighted by atomic mass is 32.2. The van der Waals surface area contributed by atoms with Crippen LogP contribution in [0.1, 0.15) is 46.1 Å². The Labute approximate surface area is 216 Å². The summed E-state index contributed by atoms with van der Waals surface area (Å²) in [5.74, 6) is -0.0281. The monoisotopic (exact) mass is 535 g/mol. The molecule has 0 aliphatic carbocycles. The van der Waals surface area contributed by atoms with Crippen LogP contribution in [0.3, 0.4) is 0 Å². The number of thioether (sulfide) groups is 1. The molecule has 0 saturated carbocycles. The summed E-state index contributed by atoms with van der Waals surface area (Å²) < 4.78 is 38.4. The van der Waals surface area contributed by atoms with Crippen molar-refractivity contribution in [2.75, 3.05) is 23.9 Å². The van der Waals surface area contributed by atoms with Crippen LogP contribution in [-0.4, -0.2) is 49.3 Å². The molecule has 0 bridgehead atoms. The van der Waals surface area contributed by atoms with E-state index in [1.54, 1.807) is 0 Å². The zero-order chi connectivity index (χ0) is 25.5. The van der Waals surface area contributed by atoms with Crippen molar-refractivity contribution in [2.24, 2.45) is 0 Å². The number of rotatable bonds is 12. The summed E-state index contributed by atoms with van der Waals surface area (Å²) in [5.41, 5.74) is 2.08. The van der Waals surface area contributed by atoms with Crippen LogP contribution in [0.2, 0.25) is 0 Å². The standard InChI is InChI=1S/C26H33NO5S3/c1-5-6-15-35(29,30)18-21(16-31-20-13-11-19(12-14-20)26(2,3)4)32-24(28)17-33-25-27-22-9-7-8-10-23(22)34-25/h7-14,21H,5-6,15-18H2,1-4H3. The van der Waals surface area contributed by atoms with E-state index in [0.29, 0.717) is 12.2 Å². The topological polar surface area (TPSA) is 82.6 Å². The largest absolute Gasteiger partial charge is 0.490 e. The van der Waals surface area contributed by atoms with Gasteiger partial charge in [0.1, 0.15) is 18.5 Å². The Morgan fingerprint density at radius 1 is 1.11 bits per heavy atom. The van der Waals surface area contributed by atoms with E-state index in [-0.39, 0.29) is 29.3 Å². The molecule has 0 aliphatic rings. The molecule has 0 amide bonds. The van der Waals surface area contributed by atoms with E-state index in [4.69, 9.17) is 9.47 Å². The minimum absolute atomic E-state index is 0.0187. The lowest BCUT2D eigenvalue weighted by Crippen LogP contribution is -2.33. The van der Waals surface area contributed by atoms with Gasteiger partial charge in [0.15, 0.2) is 14.2 Å². The third kappa shape index (κ3) is 8.81. The Hall–Kier alpha value is -2.10. The lowest BCUT2D eigenvalue weighted by atomic mass is 9.87. The highest BCUT2D eigenvalue weighted by Crippen LogP contribution is 2.29. The molecule has 0 radical (unpaired) electrons. The molecule has 1 atom stereocenters. The molecule has 9 heteroatoms. The number of aromatic nitrogens is 1. The molecule has 0 saturated heterocycles.